The van der Waals surface area contributed by atoms with E-state index in [-0.39, 0.29) is 27.0 Å². The molecule has 0 heterocycles. The van der Waals surface area contributed by atoms with Gasteiger partial charge in [0.15, 0.2) is 0 Å². The smallest absolute Gasteiger partial charge is 0.293 e. The first-order valence-corrected chi connectivity index (χ1v) is 7.91. The van der Waals surface area contributed by atoms with Crippen LogP contribution in [0.15, 0.2) is 30.3 Å². The maximum atomic E-state index is 13.6. The van der Waals surface area contributed by atoms with Crippen molar-refractivity contribution in [1.29, 1.82) is 0 Å². The zero-order valence-corrected chi connectivity index (χ0v) is 14.8. The molecule has 0 aliphatic rings. The van der Waals surface area contributed by atoms with Gasteiger partial charge in [-0.3, -0.25) is 14.9 Å². The molecule has 25 heavy (non-hydrogen) atoms. The summed E-state index contributed by atoms with van der Waals surface area (Å²) < 4.78 is 13.6. The van der Waals surface area contributed by atoms with Gasteiger partial charge in [-0.1, -0.05) is 23.2 Å². The van der Waals surface area contributed by atoms with Crippen molar-refractivity contribution in [1.82, 2.24) is 5.32 Å². The number of nitrogens with one attached hydrogen (secondary N) is 2. The fourth-order valence-corrected chi connectivity index (χ4v) is 2.81. The summed E-state index contributed by atoms with van der Waals surface area (Å²) >= 11 is 11.7. The average molecular weight is 386 g/mol. The molecule has 2 rings (SSSR count). The molecule has 2 aromatic carbocycles. The van der Waals surface area contributed by atoms with Crippen molar-refractivity contribution >= 4 is 40.5 Å². The van der Waals surface area contributed by atoms with Crippen LogP contribution in [0, 0.1) is 15.9 Å². The minimum absolute atomic E-state index is 0.100. The fraction of sp³-hybridized carbons (Fsp3) is 0.188. The molecule has 0 aliphatic heterocycles. The van der Waals surface area contributed by atoms with Crippen LogP contribution in [0.5, 0.6) is 0 Å². The quantitative estimate of drug-likeness (QED) is 0.448. The number of anilines is 1. The van der Waals surface area contributed by atoms with Crippen LogP contribution in [-0.2, 0) is 0 Å². The number of hydrogen-bond donors (Lipinski definition) is 2. The molecule has 132 valence electrons. The molecule has 0 fully saturated rings. The predicted octanol–water partition coefficient (Wildman–Crippen LogP) is 4.57. The molecule has 0 radical (unpaired) electrons. The molecule has 0 spiro atoms. The van der Waals surface area contributed by atoms with Crippen molar-refractivity contribution < 1.29 is 14.1 Å². The van der Waals surface area contributed by atoms with Crippen molar-refractivity contribution in [3.05, 3.63) is 67.4 Å². The second-order valence-electron chi connectivity index (χ2n) is 5.22. The van der Waals surface area contributed by atoms with Gasteiger partial charge in [0, 0.05) is 23.7 Å². The van der Waals surface area contributed by atoms with Crippen LogP contribution in [0.4, 0.5) is 15.8 Å². The van der Waals surface area contributed by atoms with Crippen LogP contribution in [0.25, 0.3) is 0 Å². The topological polar surface area (TPSA) is 84.3 Å². The Kier molecular flexibility index (Phi) is 5.81. The number of amides is 1. The number of carbonyl (C=O) groups is 1. The van der Waals surface area contributed by atoms with Gasteiger partial charge >= 0.3 is 0 Å². The van der Waals surface area contributed by atoms with E-state index in [0.29, 0.717) is 5.56 Å². The van der Waals surface area contributed by atoms with E-state index in [1.165, 1.54) is 18.2 Å². The number of nitro groups is 1. The first kappa shape index (κ1) is 19.0. The lowest BCUT2D eigenvalue weighted by molar-refractivity contribution is -0.384. The van der Waals surface area contributed by atoms with Gasteiger partial charge in [0.1, 0.15) is 11.5 Å². The number of nitro benzene ring substituents is 1. The van der Waals surface area contributed by atoms with Gasteiger partial charge in [0.05, 0.1) is 16.0 Å². The van der Waals surface area contributed by atoms with Gasteiger partial charge < -0.3 is 10.6 Å². The Hall–Kier alpha value is -2.38. The largest absolute Gasteiger partial charge is 0.383 e. The summed E-state index contributed by atoms with van der Waals surface area (Å²) in [5.41, 5.74) is 0.511. The van der Waals surface area contributed by atoms with Crippen LogP contribution in [-0.4, -0.2) is 17.9 Å². The van der Waals surface area contributed by atoms with Gasteiger partial charge in [-0.2, -0.15) is 0 Å². The number of hydrogen-bond acceptors (Lipinski definition) is 4. The maximum absolute atomic E-state index is 13.6. The van der Waals surface area contributed by atoms with Gasteiger partial charge in [0.2, 0.25) is 0 Å². The summed E-state index contributed by atoms with van der Waals surface area (Å²) in [5.74, 6) is -1.21. The van der Waals surface area contributed by atoms with Gasteiger partial charge in [-0.05, 0) is 36.8 Å². The van der Waals surface area contributed by atoms with Gasteiger partial charge in [-0.25, -0.2) is 4.39 Å². The number of benzene rings is 2. The van der Waals surface area contributed by atoms with Gasteiger partial charge in [-0.15, -0.1) is 0 Å². The monoisotopic (exact) mass is 385 g/mol. The van der Waals surface area contributed by atoms with Crippen molar-refractivity contribution in [2.75, 3.05) is 12.4 Å². The molecule has 9 heteroatoms. The highest BCUT2D eigenvalue weighted by Crippen LogP contribution is 2.29. The molecular formula is C16H14Cl2FN3O3. The number of carbonyl (C=O) groups excluding carboxylic acids is 1. The molecule has 1 amide bonds. The maximum Gasteiger partial charge on any atom is 0.293 e. The molecule has 2 aromatic rings. The first-order valence-electron chi connectivity index (χ1n) is 7.16. The predicted molar refractivity (Wildman–Crippen MR) is 94.9 cm³/mol. The Morgan fingerprint density at radius 2 is 1.92 bits per heavy atom. The normalized spacial score (nSPS) is 11.7. The van der Waals surface area contributed by atoms with Crippen molar-refractivity contribution in [2.45, 2.75) is 13.0 Å². The van der Waals surface area contributed by atoms with Crippen molar-refractivity contribution in [3.8, 4) is 0 Å². The van der Waals surface area contributed by atoms with Crippen molar-refractivity contribution in [3.63, 3.8) is 0 Å². The molecule has 2 N–H and O–H groups in total. The highest BCUT2D eigenvalue weighted by atomic mass is 35.5. The van der Waals surface area contributed by atoms with E-state index >= 15 is 0 Å². The lowest BCUT2D eigenvalue weighted by Crippen LogP contribution is -2.27. The second kappa shape index (κ2) is 7.67. The number of rotatable bonds is 5. The molecule has 1 atom stereocenters. The van der Waals surface area contributed by atoms with E-state index in [1.54, 1.807) is 14.0 Å². The van der Waals surface area contributed by atoms with Crippen LogP contribution in [0.3, 0.4) is 0 Å². The molecule has 0 aliphatic carbocycles. The van der Waals surface area contributed by atoms with Gasteiger partial charge in [0.25, 0.3) is 11.6 Å². The van der Waals surface area contributed by atoms with Crippen molar-refractivity contribution in [2.24, 2.45) is 0 Å². The molecule has 0 unspecified atom stereocenters. The Morgan fingerprint density at radius 1 is 1.24 bits per heavy atom. The fourth-order valence-electron chi connectivity index (χ4n) is 2.26. The molecule has 0 aromatic heterocycles. The molecular weight excluding hydrogens is 372 g/mol. The van der Waals surface area contributed by atoms with E-state index < -0.39 is 22.7 Å². The minimum Gasteiger partial charge on any atom is -0.383 e. The zero-order chi connectivity index (χ0) is 18.7. The summed E-state index contributed by atoms with van der Waals surface area (Å²) in [6.07, 6.45) is 0. The summed E-state index contributed by atoms with van der Waals surface area (Å²) in [5, 5.41) is 16.5. The molecule has 0 saturated heterocycles. The summed E-state index contributed by atoms with van der Waals surface area (Å²) in [6, 6.07) is 5.82. The number of nitrogens with zero attached hydrogens (tertiary/aromatic N) is 1. The first-order chi connectivity index (χ1) is 11.7. The van der Waals surface area contributed by atoms with E-state index in [1.807, 2.05) is 0 Å². The van der Waals surface area contributed by atoms with E-state index in [4.69, 9.17) is 23.2 Å². The Morgan fingerprint density at radius 3 is 2.52 bits per heavy atom. The van der Waals surface area contributed by atoms with E-state index in [9.17, 15) is 19.3 Å². The zero-order valence-electron chi connectivity index (χ0n) is 13.3. The van der Waals surface area contributed by atoms with Crippen LogP contribution < -0.4 is 10.6 Å². The molecule has 0 bridgehead atoms. The van der Waals surface area contributed by atoms with E-state index in [2.05, 4.69) is 10.6 Å². The Labute approximate surface area is 153 Å². The minimum atomic E-state index is -0.656. The van der Waals surface area contributed by atoms with E-state index in [0.717, 1.165) is 12.1 Å². The van der Waals surface area contributed by atoms with Crippen LogP contribution in [0.2, 0.25) is 10.0 Å². The summed E-state index contributed by atoms with van der Waals surface area (Å²) in [4.78, 5) is 22.8. The summed E-state index contributed by atoms with van der Waals surface area (Å²) in [6.45, 7) is 1.61. The van der Waals surface area contributed by atoms with Crippen LogP contribution in [0.1, 0.15) is 28.9 Å². The highest BCUT2D eigenvalue weighted by molar-refractivity contribution is 6.35. The Balaban J connectivity index is 2.26. The molecule has 0 saturated carbocycles. The lowest BCUT2D eigenvalue weighted by atomic mass is 10.1. The van der Waals surface area contributed by atoms with Crippen LogP contribution >= 0.6 is 23.2 Å². The third-order valence-electron chi connectivity index (χ3n) is 3.58. The number of halogens is 3. The highest BCUT2D eigenvalue weighted by Gasteiger charge is 2.20. The lowest BCUT2D eigenvalue weighted by Gasteiger charge is -2.16. The standard InChI is InChI=1S/C16H14Cl2FN3O3/c1-8(10-6-13(19)12(18)7-11(10)17)21-16(23)9-3-4-14(20-2)15(5-9)22(24)25/h3-8,20H,1-2H3,(H,21,23)/t8-/m0/s1. The third kappa shape index (κ3) is 4.18. The second-order valence-corrected chi connectivity index (χ2v) is 6.04. The SMILES string of the molecule is CNc1ccc(C(=O)N[C@@H](C)c2cc(F)c(Cl)cc2Cl)cc1[N+](=O)[O-]. The average Bonchev–Trinajstić information content (AvgIpc) is 2.57. The Bertz CT molecular complexity index is 846. The molecule has 6 nitrogen and oxygen atoms in total. The third-order valence-corrected chi connectivity index (χ3v) is 4.20. The summed E-state index contributed by atoms with van der Waals surface area (Å²) in [7, 11) is 1.54.